The number of carbonyl (C=O) groups is 10. The van der Waals surface area contributed by atoms with Gasteiger partial charge in [-0.1, -0.05) is 60.7 Å². The fraction of sp³-hybridized carbons (Fsp3) is 0.571. The summed E-state index contributed by atoms with van der Waals surface area (Å²) in [5.41, 5.74) is 29.9. The summed E-state index contributed by atoms with van der Waals surface area (Å²) in [6, 6.07) is 6.78. The number of amides is 10. The molecule has 84 heavy (non-hydrogen) atoms. The molecule has 10 amide bonds. The summed E-state index contributed by atoms with van der Waals surface area (Å²) in [5.74, 6) is -7.04. The zero-order valence-corrected chi connectivity index (χ0v) is 47.4. The van der Waals surface area contributed by atoms with Crippen LogP contribution in [0.2, 0.25) is 0 Å². The third kappa shape index (κ3) is 19.1. The first-order valence-electron chi connectivity index (χ1n) is 28.9. The Kier molecular flexibility index (Phi) is 25.0. The molecule has 18 N–H and O–H groups in total. The minimum Gasteiger partial charge on any atom is -0.394 e. The Bertz CT molecular complexity index is 2680. The number of nitrogens with one attached hydrogen (secondary N) is 7. The summed E-state index contributed by atoms with van der Waals surface area (Å²) in [4.78, 5) is 153. The van der Waals surface area contributed by atoms with Gasteiger partial charge in [0, 0.05) is 52.1 Å². The first-order chi connectivity index (χ1) is 40.3. The summed E-state index contributed by atoms with van der Waals surface area (Å²) in [6.45, 7) is -0.684. The van der Waals surface area contributed by atoms with E-state index in [-0.39, 0.29) is 115 Å². The molecule has 0 bridgehead atoms. The minimum absolute atomic E-state index is 0.0207. The number of rotatable bonds is 13. The van der Waals surface area contributed by atoms with Crippen molar-refractivity contribution in [2.75, 3.05) is 52.4 Å². The van der Waals surface area contributed by atoms with Crippen molar-refractivity contribution in [3.05, 3.63) is 71.8 Å². The molecule has 0 aliphatic carbocycles. The van der Waals surface area contributed by atoms with Crippen LogP contribution in [0.25, 0.3) is 0 Å². The lowest BCUT2D eigenvalue weighted by atomic mass is 10.0. The summed E-state index contributed by atoms with van der Waals surface area (Å²) < 4.78 is 0. The van der Waals surface area contributed by atoms with E-state index in [9.17, 15) is 53.1 Å². The van der Waals surface area contributed by atoms with Gasteiger partial charge in [-0.25, -0.2) is 0 Å². The molecule has 4 fully saturated rings. The van der Waals surface area contributed by atoms with Crippen molar-refractivity contribution in [1.82, 2.24) is 51.9 Å². The molecule has 0 radical (unpaired) electrons. The van der Waals surface area contributed by atoms with Gasteiger partial charge in [0.05, 0.1) is 19.2 Å². The molecule has 2 aromatic rings. The maximum absolute atomic E-state index is 14.5. The standard InChI is InChI=1S/C56H83N17O11/c57-36-18-7-8-24-62-47(77)37(19-9-25-63-55(58)59)67-49(79)40(31-35-16-5-2-6-17-35)69-51(81)43-22-12-27-71(43)53(83)41(33-74)70-48(78)39(30-34-14-3-1-4-15-34)66-45(75)32-65-50(80)42-21-11-28-72(42)54(84)44-23-13-29-73(44)52(82)38(68-46(36)76)20-10-26-64-56(60)61/h1-6,14-17,36-44,74H,7-13,18-33,57H2,(H,62,77)(H,65,80)(H,66,75)(H,67,79)(H,68,76)(H,69,81)(H,70,78)(H4,58,59,63)(H4,60,61,64)/t36-,37-,38-,39-,40-,41-,42-,43-,44-/m0/s1. The van der Waals surface area contributed by atoms with Crippen LogP contribution in [0.15, 0.2) is 70.6 Å². The van der Waals surface area contributed by atoms with Crippen molar-refractivity contribution >= 4 is 71.0 Å². The average Bonchev–Trinajstić information content (AvgIpc) is 4.49. The molecule has 0 unspecified atom stereocenters. The molecule has 2 aromatic carbocycles. The van der Waals surface area contributed by atoms with E-state index in [2.05, 4.69) is 47.2 Å². The van der Waals surface area contributed by atoms with Gasteiger partial charge in [-0.2, -0.15) is 0 Å². The molecule has 4 saturated heterocycles. The molecular weight excluding hydrogens is 1090 g/mol. The van der Waals surface area contributed by atoms with Gasteiger partial charge in [-0.15, -0.1) is 0 Å². The van der Waals surface area contributed by atoms with Crippen LogP contribution in [0.5, 0.6) is 0 Å². The summed E-state index contributed by atoms with van der Waals surface area (Å²) in [7, 11) is 0. The fourth-order valence-corrected chi connectivity index (χ4v) is 10.9. The minimum atomic E-state index is -1.58. The van der Waals surface area contributed by atoms with Crippen LogP contribution in [-0.4, -0.2) is 198 Å². The van der Waals surface area contributed by atoms with Crippen LogP contribution < -0.4 is 65.9 Å². The number of aliphatic hydroxyl groups excluding tert-OH is 1. The second-order valence-electron chi connectivity index (χ2n) is 21.5. The quantitative estimate of drug-likeness (QED) is 0.0513. The van der Waals surface area contributed by atoms with Gasteiger partial charge in [-0.3, -0.25) is 57.9 Å². The lowest BCUT2D eigenvalue weighted by Crippen LogP contribution is -2.60. The van der Waals surface area contributed by atoms with E-state index in [1.807, 2.05) is 0 Å². The van der Waals surface area contributed by atoms with Gasteiger partial charge in [0.25, 0.3) is 0 Å². The Labute approximate surface area is 488 Å². The highest BCUT2D eigenvalue weighted by Gasteiger charge is 2.44. The van der Waals surface area contributed by atoms with E-state index in [4.69, 9.17) is 28.7 Å². The molecule has 0 spiro atoms. The third-order valence-corrected chi connectivity index (χ3v) is 15.3. The molecule has 4 aliphatic heterocycles. The number of guanidine groups is 2. The number of nitrogens with zero attached hydrogens (tertiary/aromatic N) is 5. The van der Waals surface area contributed by atoms with Gasteiger partial charge in [0.2, 0.25) is 59.1 Å². The predicted molar refractivity (Wildman–Crippen MR) is 309 cm³/mol. The summed E-state index contributed by atoms with van der Waals surface area (Å²) >= 11 is 0. The van der Waals surface area contributed by atoms with Crippen molar-refractivity contribution in [2.24, 2.45) is 38.7 Å². The van der Waals surface area contributed by atoms with Gasteiger partial charge in [0.1, 0.15) is 48.3 Å². The van der Waals surface area contributed by atoms with Gasteiger partial charge < -0.3 is 85.7 Å². The zero-order valence-electron chi connectivity index (χ0n) is 47.4. The van der Waals surface area contributed by atoms with Gasteiger partial charge in [0.15, 0.2) is 11.9 Å². The SMILES string of the molecule is NC(N)=NCCC[C@@H]1NC(=O)[C@H](Cc2ccccc2)NC(=O)[C@@H]2CCCN2C(=O)[C@H](CO)NC(=O)[C@H](Cc2ccccc2)NC(=O)CNC(=O)[C@@H]2CCCN2C(=O)[C@@H]2CCCN2C(=O)[C@H](CCCN=C(N)N)NC(=O)[C@@H](N)CCCCNC1=O. The normalized spacial score (nSPS) is 26.2. The van der Waals surface area contributed by atoms with Crippen molar-refractivity contribution in [2.45, 2.75) is 151 Å². The highest BCUT2D eigenvalue weighted by molar-refractivity contribution is 5.99. The monoisotopic (exact) mass is 1170 g/mol. The number of hydrogen-bond acceptors (Lipinski definition) is 14. The Morgan fingerprint density at radius 1 is 0.476 bits per heavy atom. The largest absolute Gasteiger partial charge is 0.394 e. The maximum Gasteiger partial charge on any atom is 0.248 e. The Balaban J connectivity index is 1.27. The highest BCUT2D eigenvalue weighted by Crippen LogP contribution is 2.27. The van der Waals surface area contributed by atoms with E-state index >= 15 is 0 Å². The molecule has 28 nitrogen and oxygen atoms in total. The zero-order chi connectivity index (χ0) is 60.7. The molecule has 6 rings (SSSR count). The van der Waals surface area contributed by atoms with Crippen LogP contribution in [0.4, 0.5) is 0 Å². The smallest absolute Gasteiger partial charge is 0.248 e. The first kappa shape index (κ1) is 64.8. The van der Waals surface area contributed by atoms with Crippen LogP contribution >= 0.6 is 0 Å². The number of fused-ring (bicyclic) bond motifs is 3. The number of nitrogens with two attached hydrogens (primary N) is 5. The van der Waals surface area contributed by atoms with Gasteiger partial charge in [-0.05, 0) is 94.6 Å². The Morgan fingerprint density at radius 2 is 0.940 bits per heavy atom. The molecule has 458 valence electrons. The van der Waals surface area contributed by atoms with E-state index in [0.717, 1.165) is 0 Å². The predicted octanol–water partition coefficient (Wildman–Crippen LogP) is -4.29. The van der Waals surface area contributed by atoms with Crippen molar-refractivity contribution in [3.8, 4) is 0 Å². The van der Waals surface area contributed by atoms with E-state index in [0.29, 0.717) is 43.2 Å². The van der Waals surface area contributed by atoms with Crippen LogP contribution in [0.1, 0.15) is 94.6 Å². The number of hydrogen-bond donors (Lipinski definition) is 13. The second kappa shape index (κ2) is 32.4. The topological polar surface area (TPSA) is 440 Å². The van der Waals surface area contributed by atoms with Crippen LogP contribution in [0.3, 0.4) is 0 Å². The summed E-state index contributed by atoms with van der Waals surface area (Å²) in [5, 5.41) is 29.6. The van der Waals surface area contributed by atoms with E-state index in [1.165, 1.54) is 14.7 Å². The number of benzene rings is 2. The molecule has 0 aromatic heterocycles. The number of carbonyl (C=O) groups excluding carboxylic acids is 10. The van der Waals surface area contributed by atoms with Crippen molar-refractivity contribution in [3.63, 3.8) is 0 Å². The number of aliphatic imine (C=N–C) groups is 2. The van der Waals surface area contributed by atoms with Crippen LogP contribution in [0, 0.1) is 0 Å². The second-order valence-corrected chi connectivity index (χ2v) is 21.5. The highest BCUT2D eigenvalue weighted by atomic mass is 16.3. The molecule has 0 saturated carbocycles. The lowest BCUT2D eigenvalue weighted by molar-refractivity contribution is -0.148. The summed E-state index contributed by atoms with van der Waals surface area (Å²) in [6.07, 6.45) is 3.42. The fourth-order valence-electron chi connectivity index (χ4n) is 10.9. The average molecular weight is 1170 g/mol. The van der Waals surface area contributed by atoms with Crippen LogP contribution in [-0.2, 0) is 60.8 Å². The maximum atomic E-state index is 14.5. The van der Waals surface area contributed by atoms with E-state index in [1.54, 1.807) is 60.7 Å². The number of aliphatic hydroxyl groups is 1. The molecule has 28 heteroatoms. The lowest BCUT2D eigenvalue weighted by Gasteiger charge is -2.33. The van der Waals surface area contributed by atoms with Gasteiger partial charge >= 0.3 is 0 Å². The molecule has 4 aliphatic rings. The molecule has 9 atom stereocenters. The molecular formula is C56H83N17O11. The molecule has 4 heterocycles. The van der Waals surface area contributed by atoms with E-state index < -0.39 is 127 Å². The third-order valence-electron chi connectivity index (χ3n) is 15.3. The Hall–Kier alpha value is -8.40. The Morgan fingerprint density at radius 3 is 1.50 bits per heavy atom. The van der Waals surface area contributed by atoms with Crippen molar-refractivity contribution < 1.29 is 53.1 Å². The van der Waals surface area contributed by atoms with Crippen molar-refractivity contribution in [1.29, 1.82) is 0 Å². The first-order valence-corrected chi connectivity index (χ1v) is 28.9.